The molecule has 0 spiro atoms. The first-order valence-corrected chi connectivity index (χ1v) is 6.02. The van der Waals surface area contributed by atoms with Crippen molar-refractivity contribution in [1.82, 2.24) is 0 Å². The summed E-state index contributed by atoms with van der Waals surface area (Å²) in [5.74, 6) is -0.151. The van der Waals surface area contributed by atoms with E-state index < -0.39 is 11.1 Å². The van der Waals surface area contributed by atoms with Crippen LogP contribution in [0.4, 0.5) is 0 Å². The Morgan fingerprint density at radius 2 is 2.00 bits per heavy atom. The number of halogens is 1. The third-order valence-corrected chi connectivity index (χ3v) is 3.78. The number of hydrogen-bond acceptors (Lipinski definition) is 3. The lowest BCUT2D eigenvalue weighted by molar-refractivity contribution is -0.134. The smallest absolute Gasteiger partial charge is 0.160 e. The highest BCUT2D eigenvalue weighted by molar-refractivity contribution is 6.31. The molecule has 3 nitrogen and oxygen atoms in total. The van der Waals surface area contributed by atoms with Gasteiger partial charge in [0.05, 0.1) is 5.60 Å². The molecule has 4 heteroatoms. The molecule has 1 saturated carbocycles. The van der Waals surface area contributed by atoms with Gasteiger partial charge in [0.15, 0.2) is 5.78 Å². The molecule has 1 aliphatic rings. The maximum Gasteiger partial charge on any atom is 0.160 e. The quantitative estimate of drug-likeness (QED) is 0.805. The second kappa shape index (κ2) is 4.09. The first-order chi connectivity index (χ1) is 7.85. The van der Waals surface area contributed by atoms with E-state index in [9.17, 15) is 9.90 Å². The summed E-state index contributed by atoms with van der Waals surface area (Å²) in [5, 5.41) is 10.4. The molecule has 1 fully saturated rings. The van der Waals surface area contributed by atoms with E-state index in [-0.39, 0.29) is 12.2 Å². The van der Waals surface area contributed by atoms with Gasteiger partial charge >= 0.3 is 0 Å². The summed E-state index contributed by atoms with van der Waals surface area (Å²) in [5.41, 5.74) is 4.86. The van der Waals surface area contributed by atoms with Crippen molar-refractivity contribution in [2.45, 2.75) is 37.3 Å². The van der Waals surface area contributed by atoms with Crippen molar-refractivity contribution in [3.05, 3.63) is 34.9 Å². The summed E-state index contributed by atoms with van der Waals surface area (Å²) in [6.45, 7) is 1.66. The highest BCUT2D eigenvalue weighted by Gasteiger charge is 2.45. The SMILES string of the molecule is C[C@]1(O)CC[C@](N)(c2ccccc2Cl)C(=O)C1. The first kappa shape index (κ1) is 12.6. The molecule has 2 rings (SSSR count). The Balaban J connectivity index is 2.39. The van der Waals surface area contributed by atoms with Crippen molar-refractivity contribution in [3.63, 3.8) is 0 Å². The molecule has 0 amide bonds. The van der Waals surface area contributed by atoms with Crippen molar-refractivity contribution in [1.29, 1.82) is 0 Å². The zero-order valence-corrected chi connectivity index (χ0v) is 10.5. The highest BCUT2D eigenvalue weighted by Crippen LogP contribution is 2.39. The zero-order valence-electron chi connectivity index (χ0n) is 9.74. The molecule has 0 bridgehead atoms. The molecule has 92 valence electrons. The van der Waals surface area contributed by atoms with Crippen molar-refractivity contribution in [2.75, 3.05) is 0 Å². The lowest BCUT2D eigenvalue weighted by atomic mass is 9.71. The Labute approximate surface area is 106 Å². The van der Waals surface area contributed by atoms with E-state index >= 15 is 0 Å². The van der Waals surface area contributed by atoms with Crippen LogP contribution in [-0.2, 0) is 10.3 Å². The average molecular weight is 254 g/mol. The van der Waals surface area contributed by atoms with Gasteiger partial charge < -0.3 is 10.8 Å². The number of hydrogen-bond donors (Lipinski definition) is 2. The summed E-state index contributed by atoms with van der Waals surface area (Å²) < 4.78 is 0. The van der Waals surface area contributed by atoms with Crippen molar-refractivity contribution in [2.24, 2.45) is 5.73 Å². The summed E-state index contributed by atoms with van der Waals surface area (Å²) in [4.78, 5) is 12.1. The molecule has 1 aliphatic carbocycles. The summed E-state index contributed by atoms with van der Waals surface area (Å²) in [7, 11) is 0. The van der Waals surface area contributed by atoms with Gasteiger partial charge in [-0.25, -0.2) is 0 Å². The fourth-order valence-electron chi connectivity index (χ4n) is 2.31. The molecule has 0 aliphatic heterocycles. The molecule has 0 radical (unpaired) electrons. The predicted octanol–water partition coefficient (Wildman–Crippen LogP) is 2.00. The van der Waals surface area contributed by atoms with Crippen LogP contribution in [-0.4, -0.2) is 16.5 Å². The van der Waals surface area contributed by atoms with Gasteiger partial charge in [-0.15, -0.1) is 0 Å². The van der Waals surface area contributed by atoms with Gasteiger partial charge in [-0.1, -0.05) is 29.8 Å². The third kappa shape index (κ3) is 2.23. The maximum absolute atomic E-state index is 12.1. The van der Waals surface area contributed by atoms with Crippen LogP contribution in [0.1, 0.15) is 31.7 Å². The second-order valence-corrected chi connectivity index (χ2v) is 5.46. The van der Waals surface area contributed by atoms with Gasteiger partial charge in [-0.3, -0.25) is 4.79 Å². The Bertz CT molecular complexity index is 458. The van der Waals surface area contributed by atoms with E-state index in [1.807, 2.05) is 6.07 Å². The van der Waals surface area contributed by atoms with Crippen LogP contribution in [0, 0.1) is 0 Å². The van der Waals surface area contributed by atoms with Crippen LogP contribution >= 0.6 is 11.6 Å². The van der Waals surface area contributed by atoms with Crippen LogP contribution < -0.4 is 5.73 Å². The van der Waals surface area contributed by atoms with E-state index in [1.165, 1.54) is 0 Å². The third-order valence-electron chi connectivity index (χ3n) is 3.45. The molecular formula is C13H16ClNO2. The Morgan fingerprint density at radius 3 is 2.59 bits per heavy atom. The standard InChI is InChI=1S/C13H16ClNO2/c1-12(17)6-7-13(15,11(16)8-12)9-4-2-3-5-10(9)14/h2-5,17H,6-8,15H2,1H3/t12-,13-/m0/s1. The summed E-state index contributed by atoms with van der Waals surface area (Å²) >= 11 is 6.09. The lowest BCUT2D eigenvalue weighted by Crippen LogP contribution is -2.53. The number of carbonyl (C=O) groups is 1. The van der Waals surface area contributed by atoms with Crippen LogP contribution in [0.5, 0.6) is 0 Å². The Morgan fingerprint density at radius 1 is 1.35 bits per heavy atom. The van der Waals surface area contributed by atoms with Gasteiger partial charge in [0.25, 0.3) is 0 Å². The van der Waals surface area contributed by atoms with Crippen molar-refractivity contribution < 1.29 is 9.90 Å². The number of ketones is 1. The molecule has 1 aromatic rings. The summed E-state index contributed by atoms with van der Waals surface area (Å²) in [6, 6.07) is 7.13. The van der Waals surface area contributed by atoms with Crippen LogP contribution in [0.2, 0.25) is 5.02 Å². The molecule has 17 heavy (non-hydrogen) atoms. The van der Waals surface area contributed by atoms with E-state index in [1.54, 1.807) is 25.1 Å². The van der Waals surface area contributed by atoms with Crippen molar-refractivity contribution >= 4 is 17.4 Å². The first-order valence-electron chi connectivity index (χ1n) is 5.65. The van der Waals surface area contributed by atoms with Gasteiger partial charge in [0, 0.05) is 11.4 Å². The normalized spacial score (nSPS) is 33.8. The van der Waals surface area contributed by atoms with Gasteiger partial charge in [-0.05, 0) is 31.4 Å². The molecule has 1 aromatic carbocycles. The monoisotopic (exact) mass is 253 g/mol. The molecule has 0 heterocycles. The molecular weight excluding hydrogens is 238 g/mol. The van der Waals surface area contributed by atoms with E-state index in [4.69, 9.17) is 17.3 Å². The Hall–Kier alpha value is -0.900. The van der Waals surface area contributed by atoms with Crippen LogP contribution in [0.15, 0.2) is 24.3 Å². The fourth-order valence-corrected chi connectivity index (χ4v) is 2.61. The van der Waals surface area contributed by atoms with E-state index in [0.717, 1.165) is 0 Å². The number of benzene rings is 1. The minimum atomic E-state index is -1.05. The minimum Gasteiger partial charge on any atom is -0.390 e. The fraction of sp³-hybridized carbons (Fsp3) is 0.462. The molecule has 2 atom stereocenters. The zero-order chi connectivity index (χ0) is 12.7. The molecule has 0 saturated heterocycles. The van der Waals surface area contributed by atoms with E-state index in [2.05, 4.69) is 0 Å². The van der Waals surface area contributed by atoms with Crippen molar-refractivity contribution in [3.8, 4) is 0 Å². The molecule has 0 aromatic heterocycles. The maximum atomic E-state index is 12.1. The average Bonchev–Trinajstić information content (AvgIpc) is 2.24. The summed E-state index contributed by atoms with van der Waals surface area (Å²) in [6.07, 6.45) is 0.998. The van der Waals surface area contributed by atoms with E-state index in [0.29, 0.717) is 23.4 Å². The molecule has 3 N–H and O–H groups in total. The highest BCUT2D eigenvalue weighted by atomic mass is 35.5. The van der Waals surface area contributed by atoms with Crippen LogP contribution in [0.25, 0.3) is 0 Å². The number of carbonyl (C=O) groups excluding carboxylic acids is 1. The Kier molecular flexibility index (Phi) is 3.02. The molecule has 0 unspecified atom stereocenters. The number of aliphatic hydroxyl groups is 1. The topological polar surface area (TPSA) is 63.3 Å². The number of Topliss-reactive ketones (excluding diaryl/α,β-unsaturated/α-hetero) is 1. The predicted molar refractivity (Wildman–Crippen MR) is 66.8 cm³/mol. The number of rotatable bonds is 1. The second-order valence-electron chi connectivity index (χ2n) is 5.05. The lowest BCUT2D eigenvalue weighted by Gasteiger charge is -2.39. The van der Waals surface area contributed by atoms with Gasteiger partial charge in [0.1, 0.15) is 5.54 Å². The van der Waals surface area contributed by atoms with Gasteiger partial charge in [-0.2, -0.15) is 0 Å². The van der Waals surface area contributed by atoms with Gasteiger partial charge in [0.2, 0.25) is 0 Å². The largest absolute Gasteiger partial charge is 0.390 e. The minimum absolute atomic E-state index is 0.0781. The number of nitrogens with two attached hydrogens (primary N) is 1. The van der Waals surface area contributed by atoms with Crippen LogP contribution in [0.3, 0.4) is 0 Å².